The lowest BCUT2D eigenvalue weighted by Gasteiger charge is -2.03. The molecule has 1 unspecified atom stereocenters. The third-order valence-electron chi connectivity index (χ3n) is 0.247. The molecule has 0 aliphatic carbocycles. The van der Waals surface area contributed by atoms with Crippen LogP contribution in [0.5, 0.6) is 0 Å². The van der Waals surface area contributed by atoms with Gasteiger partial charge in [0.15, 0.2) is 4.29 Å². The van der Waals surface area contributed by atoms with Gasteiger partial charge in [0.1, 0.15) is 0 Å². The van der Waals surface area contributed by atoms with Gasteiger partial charge in [-0.2, -0.15) is 13.2 Å². The van der Waals surface area contributed by atoms with Gasteiger partial charge in [0, 0.05) is 0 Å². The smallest absolute Gasteiger partial charge is 0.168 e. The van der Waals surface area contributed by atoms with E-state index in [1.54, 1.807) is 0 Å². The molecular weight excluding hydrogens is 198 g/mol. The van der Waals surface area contributed by atoms with Gasteiger partial charge in [-0.15, -0.1) is 11.6 Å². The summed E-state index contributed by atoms with van der Waals surface area (Å²) in [7, 11) is 0. The van der Waals surface area contributed by atoms with Crippen LogP contribution >= 0.6 is 27.5 Å². The fourth-order valence-corrected chi connectivity index (χ4v) is 0. The van der Waals surface area contributed by atoms with Gasteiger partial charge in [0.05, 0.1) is 0 Å². The molecule has 44 valence electrons. The van der Waals surface area contributed by atoms with Gasteiger partial charge in [0.25, 0.3) is 0 Å². The lowest BCUT2D eigenvalue weighted by molar-refractivity contribution is -0.112. The van der Waals surface area contributed by atoms with Gasteiger partial charge in [-0.05, 0) is 0 Å². The van der Waals surface area contributed by atoms with Crippen molar-refractivity contribution in [3.8, 4) is 0 Å². The molecule has 7 heavy (non-hydrogen) atoms. The highest BCUT2D eigenvalue weighted by molar-refractivity contribution is 9.10. The Morgan fingerprint density at radius 2 is 1.57 bits per heavy atom. The van der Waals surface area contributed by atoms with E-state index in [1.807, 2.05) is 0 Å². The van der Waals surface area contributed by atoms with Crippen molar-refractivity contribution in [3.05, 3.63) is 0 Å². The van der Waals surface area contributed by atoms with Gasteiger partial charge in [-0.3, -0.25) is 0 Å². The van der Waals surface area contributed by atoms with E-state index in [1.165, 1.54) is 0 Å². The molecule has 0 rings (SSSR count). The minimum atomic E-state index is -4.32. The molecule has 0 saturated carbocycles. The van der Waals surface area contributed by atoms with E-state index in [0.29, 0.717) is 0 Å². The van der Waals surface area contributed by atoms with Gasteiger partial charge < -0.3 is 0 Å². The Kier molecular flexibility index (Phi) is 2.40. The molecule has 1 atom stereocenters. The summed E-state index contributed by atoms with van der Waals surface area (Å²) in [5, 5.41) is 0. The summed E-state index contributed by atoms with van der Waals surface area (Å²) in [5.74, 6) is 0. The average molecular weight is 199 g/mol. The Hall–Kier alpha value is 0.560. The largest absolute Gasteiger partial charge is 0.414 e. The normalized spacial score (nSPS) is 16.7. The van der Waals surface area contributed by atoms with Crippen molar-refractivity contribution in [3.63, 3.8) is 0 Å². The van der Waals surface area contributed by atoms with Crippen molar-refractivity contribution < 1.29 is 13.2 Å². The Morgan fingerprint density at radius 3 is 1.57 bits per heavy atom. The van der Waals surface area contributed by atoms with Crippen LogP contribution in [-0.4, -0.2) is 10.5 Å². The van der Waals surface area contributed by atoms with E-state index in [0.717, 1.165) is 0 Å². The lowest BCUT2D eigenvalue weighted by Crippen LogP contribution is -2.16. The van der Waals surface area contributed by atoms with Crippen LogP contribution in [0.3, 0.4) is 0 Å². The Labute approximate surface area is 51.8 Å². The van der Waals surface area contributed by atoms with Gasteiger partial charge >= 0.3 is 6.18 Å². The number of hydrogen-bond acceptors (Lipinski definition) is 0. The van der Waals surface area contributed by atoms with E-state index in [9.17, 15) is 13.2 Å². The minimum Gasteiger partial charge on any atom is -0.168 e. The topological polar surface area (TPSA) is 0 Å². The maximum Gasteiger partial charge on any atom is 0.414 e. The Bertz CT molecular complexity index is 58.4. The van der Waals surface area contributed by atoms with Crippen molar-refractivity contribution in [2.75, 3.05) is 0 Å². The number of rotatable bonds is 0. The van der Waals surface area contributed by atoms with Crippen LogP contribution in [0.15, 0.2) is 0 Å². The van der Waals surface area contributed by atoms with Crippen LogP contribution in [0.25, 0.3) is 0 Å². The fraction of sp³-hybridized carbons (Fsp3) is 1.00. The fourth-order valence-electron chi connectivity index (χ4n) is 0. The molecule has 0 aromatic heterocycles. The number of halogens is 5. The zero-order valence-corrected chi connectivity index (χ0v) is 5.31. The molecule has 0 fully saturated rings. The highest BCUT2D eigenvalue weighted by Crippen LogP contribution is 2.28. The van der Waals surface area contributed by atoms with Crippen LogP contribution in [0, 0.1) is 0 Å². The standard InChI is InChI=1S/C2HBrClF3/c3-1(4)2(5,6)7/h1H/i1+2. The zero-order chi connectivity index (χ0) is 6.08. The van der Waals surface area contributed by atoms with E-state index in [2.05, 4.69) is 27.5 Å². The second-order valence-corrected chi connectivity index (χ2v) is 2.72. The molecule has 0 aromatic rings. The molecule has 0 nitrogen and oxygen atoms in total. The van der Waals surface area contributed by atoms with Crippen molar-refractivity contribution in [1.82, 2.24) is 0 Å². The minimum absolute atomic E-state index is 1.92. The average Bonchev–Trinajstić information content (AvgIpc) is 1.31. The SMILES string of the molecule is FC(F)(F)[14CH](Cl)Br. The predicted octanol–water partition coefficient (Wildman–Crippen LogP) is 2.51. The summed E-state index contributed by atoms with van der Waals surface area (Å²) >= 11 is 6.68. The van der Waals surface area contributed by atoms with Crippen molar-refractivity contribution >= 4 is 27.5 Å². The first-order chi connectivity index (χ1) is 2.94. The third kappa shape index (κ3) is 3.17. The van der Waals surface area contributed by atoms with Crippen LogP contribution in [0.4, 0.5) is 13.2 Å². The van der Waals surface area contributed by atoms with E-state index in [4.69, 9.17) is 0 Å². The van der Waals surface area contributed by atoms with Crippen LogP contribution in [-0.2, 0) is 0 Å². The number of alkyl halides is 5. The predicted molar refractivity (Wildman–Crippen MR) is 24.6 cm³/mol. The molecule has 0 aliphatic rings. The van der Waals surface area contributed by atoms with Crippen LogP contribution in [0.2, 0.25) is 0 Å². The molecule has 0 N–H and O–H groups in total. The van der Waals surface area contributed by atoms with E-state index < -0.39 is 10.5 Å². The zero-order valence-electron chi connectivity index (χ0n) is 2.97. The highest BCUT2D eigenvalue weighted by atomic mass is 79.9. The second kappa shape index (κ2) is 2.22. The van der Waals surface area contributed by atoms with Gasteiger partial charge in [-0.1, -0.05) is 15.9 Å². The lowest BCUT2D eigenvalue weighted by atomic mass is 11.3. The Morgan fingerprint density at radius 1 is 1.43 bits per heavy atom. The third-order valence-corrected chi connectivity index (χ3v) is 1.01. The van der Waals surface area contributed by atoms with E-state index in [-0.39, 0.29) is 0 Å². The molecule has 0 aromatic carbocycles. The quantitative estimate of drug-likeness (QED) is 0.526. The molecule has 0 bridgehead atoms. The maximum absolute atomic E-state index is 11.0. The molecule has 0 aliphatic heterocycles. The van der Waals surface area contributed by atoms with Gasteiger partial charge in [-0.25, -0.2) is 0 Å². The molecule has 0 saturated heterocycles. The first kappa shape index (κ1) is 7.56. The summed E-state index contributed by atoms with van der Waals surface area (Å²) in [6.45, 7) is 0. The monoisotopic (exact) mass is 198 g/mol. The summed E-state index contributed by atoms with van der Waals surface area (Å²) < 4.78 is 31.1. The first-order valence-electron chi connectivity index (χ1n) is 1.29. The first-order valence-corrected chi connectivity index (χ1v) is 2.64. The number of hydrogen-bond donors (Lipinski definition) is 0. The van der Waals surface area contributed by atoms with Crippen molar-refractivity contribution in [2.45, 2.75) is 10.5 Å². The second-order valence-electron chi connectivity index (χ2n) is 0.842. The van der Waals surface area contributed by atoms with Gasteiger partial charge in [0.2, 0.25) is 0 Å². The molecular formula is C2HBrClF3. The highest BCUT2D eigenvalue weighted by Gasteiger charge is 2.35. The summed E-state index contributed by atoms with van der Waals surface area (Å²) in [5.41, 5.74) is 0. The summed E-state index contributed by atoms with van der Waals surface area (Å²) in [4.78, 5) is 0. The molecule has 5 heteroatoms. The van der Waals surface area contributed by atoms with Crippen molar-refractivity contribution in [2.24, 2.45) is 0 Å². The summed E-state index contributed by atoms with van der Waals surface area (Å²) in [6.07, 6.45) is -4.32. The molecule has 0 spiro atoms. The van der Waals surface area contributed by atoms with Crippen LogP contribution < -0.4 is 0 Å². The molecule has 0 heterocycles. The van der Waals surface area contributed by atoms with Crippen LogP contribution in [0.1, 0.15) is 0 Å². The van der Waals surface area contributed by atoms with Crippen molar-refractivity contribution in [1.29, 1.82) is 0 Å². The molecule has 0 amide bonds. The van der Waals surface area contributed by atoms with E-state index >= 15 is 0 Å². The summed E-state index contributed by atoms with van der Waals surface area (Å²) in [6, 6.07) is 0. The Balaban J connectivity index is 3.54. The molecule has 0 radical (unpaired) electrons. The maximum atomic E-state index is 11.0.